The molecule has 2 aromatic rings. The van der Waals surface area contributed by atoms with Gasteiger partial charge in [-0.1, -0.05) is 12.1 Å². The van der Waals surface area contributed by atoms with Crippen LogP contribution in [0.3, 0.4) is 0 Å². The molecule has 2 amide bonds. The second kappa shape index (κ2) is 5.84. The first-order chi connectivity index (χ1) is 12.0. The van der Waals surface area contributed by atoms with Crippen LogP contribution in [-0.4, -0.2) is 24.1 Å². The molecule has 4 rings (SSSR count). The Balaban J connectivity index is 1.63. The van der Waals surface area contributed by atoms with Crippen molar-refractivity contribution in [2.75, 3.05) is 16.8 Å². The number of nitrogens with zero attached hydrogens (tertiary/aromatic N) is 1. The van der Waals surface area contributed by atoms with Gasteiger partial charge in [0, 0.05) is 29.8 Å². The van der Waals surface area contributed by atoms with Gasteiger partial charge in [0.2, 0.25) is 5.91 Å². The second-order valence-corrected chi connectivity index (χ2v) is 6.53. The minimum atomic E-state index is -0.199. The molecule has 0 aromatic heterocycles. The van der Waals surface area contributed by atoms with Gasteiger partial charge in [-0.2, -0.15) is 0 Å². The minimum absolute atomic E-state index is 0.0391. The van der Waals surface area contributed by atoms with Crippen molar-refractivity contribution in [2.24, 2.45) is 0 Å². The maximum atomic E-state index is 12.7. The molecule has 0 bridgehead atoms. The molecule has 2 heterocycles. The summed E-state index contributed by atoms with van der Waals surface area (Å²) in [5.41, 5.74) is 4.90. The first-order valence-electron chi connectivity index (χ1n) is 8.41. The van der Waals surface area contributed by atoms with Crippen molar-refractivity contribution < 1.29 is 14.4 Å². The Kier molecular flexibility index (Phi) is 3.64. The lowest BCUT2D eigenvalue weighted by Gasteiger charge is -2.25. The molecular weight excluding hydrogens is 316 g/mol. The highest BCUT2D eigenvalue weighted by atomic mass is 16.2. The molecule has 0 fully saturated rings. The fourth-order valence-corrected chi connectivity index (χ4v) is 3.61. The zero-order chi connectivity index (χ0) is 17.6. The molecule has 1 N–H and O–H groups in total. The van der Waals surface area contributed by atoms with Gasteiger partial charge < -0.3 is 10.2 Å². The van der Waals surface area contributed by atoms with Gasteiger partial charge >= 0.3 is 0 Å². The number of ketones is 1. The molecule has 2 aliphatic rings. The van der Waals surface area contributed by atoms with Gasteiger partial charge in [0.05, 0.1) is 5.69 Å². The average Bonchev–Trinajstić information content (AvgIpc) is 3.03. The molecule has 0 atom stereocenters. The van der Waals surface area contributed by atoms with E-state index >= 15 is 0 Å². The van der Waals surface area contributed by atoms with Crippen molar-refractivity contribution in [2.45, 2.75) is 26.2 Å². The predicted molar refractivity (Wildman–Crippen MR) is 95.2 cm³/mol. The Bertz CT molecular complexity index is 917. The number of hydrogen-bond acceptors (Lipinski definition) is 3. The topological polar surface area (TPSA) is 66.5 Å². The summed E-state index contributed by atoms with van der Waals surface area (Å²) in [6.45, 7) is 2.20. The van der Waals surface area contributed by atoms with Crippen LogP contribution in [0.4, 0.5) is 11.4 Å². The summed E-state index contributed by atoms with van der Waals surface area (Å²) in [4.78, 5) is 38.0. The zero-order valence-corrected chi connectivity index (χ0v) is 14.0. The maximum absolute atomic E-state index is 12.7. The Hall–Kier alpha value is -2.95. The van der Waals surface area contributed by atoms with Gasteiger partial charge in [0.25, 0.3) is 5.91 Å². The number of anilines is 2. The summed E-state index contributed by atoms with van der Waals surface area (Å²) in [6, 6.07) is 10.7. The standard InChI is InChI=1S/C20H18N2O3/c1-12(23)13-3-2-4-17(11-13)21-20(25)16-9-14-5-6-18(24)22-8-7-15(10-16)19(14)22/h2-4,9-11H,5-8H2,1H3,(H,21,25). The first-order valence-corrected chi connectivity index (χ1v) is 8.41. The van der Waals surface area contributed by atoms with Crippen LogP contribution in [0.25, 0.3) is 0 Å². The van der Waals surface area contributed by atoms with Crippen LogP contribution < -0.4 is 10.2 Å². The van der Waals surface area contributed by atoms with Gasteiger partial charge in [-0.3, -0.25) is 14.4 Å². The Morgan fingerprint density at radius 2 is 1.76 bits per heavy atom. The summed E-state index contributed by atoms with van der Waals surface area (Å²) in [5.74, 6) is -0.0672. The number of Topliss-reactive ketones (excluding diaryl/α,β-unsaturated/α-hetero) is 1. The van der Waals surface area contributed by atoms with Crippen LogP contribution in [0.15, 0.2) is 36.4 Å². The number of hydrogen-bond donors (Lipinski definition) is 1. The van der Waals surface area contributed by atoms with Crippen molar-refractivity contribution in [3.05, 3.63) is 58.7 Å². The van der Waals surface area contributed by atoms with E-state index < -0.39 is 0 Å². The number of carbonyl (C=O) groups excluding carboxylic acids is 3. The lowest BCUT2D eigenvalue weighted by atomic mass is 9.96. The lowest BCUT2D eigenvalue weighted by molar-refractivity contribution is -0.118. The summed E-state index contributed by atoms with van der Waals surface area (Å²) in [7, 11) is 0. The first kappa shape index (κ1) is 15.6. The van der Waals surface area contributed by atoms with Crippen LogP contribution in [0.2, 0.25) is 0 Å². The molecule has 2 aliphatic heterocycles. The SMILES string of the molecule is CC(=O)c1cccc(NC(=O)c2cc3c4c(c2)CCN4C(=O)CC3)c1. The van der Waals surface area contributed by atoms with Crippen LogP contribution in [0.1, 0.15) is 45.2 Å². The van der Waals surface area contributed by atoms with Crippen molar-refractivity contribution >= 4 is 29.0 Å². The van der Waals surface area contributed by atoms with E-state index in [1.54, 1.807) is 24.3 Å². The quantitative estimate of drug-likeness (QED) is 0.878. The molecule has 5 nitrogen and oxygen atoms in total. The monoisotopic (exact) mass is 334 g/mol. The number of benzene rings is 2. The Morgan fingerprint density at radius 3 is 2.52 bits per heavy atom. The fraction of sp³-hybridized carbons (Fsp3) is 0.250. The van der Waals surface area contributed by atoms with E-state index in [9.17, 15) is 14.4 Å². The Labute approximate surface area is 145 Å². The van der Waals surface area contributed by atoms with Crippen LogP contribution in [0, 0.1) is 0 Å². The van der Waals surface area contributed by atoms with Crippen molar-refractivity contribution in [3.8, 4) is 0 Å². The molecule has 0 radical (unpaired) electrons. The molecule has 0 saturated heterocycles. The van der Waals surface area contributed by atoms with E-state index in [0.29, 0.717) is 36.2 Å². The number of carbonyl (C=O) groups is 3. The third-order valence-electron chi connectivity index (χ3n) is 4.84. The van der Waals surface area contributed by atoms with Crippen LogP contribution >= 0.6 is 0 Å². The second-order valence-electron chi connectivity index (χ2n) is 6.53. The maximum Gasteiger partial charge on any atom is 0.255 e. The van der Waals surface area contributed by atoms with Crippen molar-refractivity contribution in [1.29, 1.82) is 0 Å². The van der Waals surface area contributed by atoms with Gasteiger partial charge in [-0.25, -0.2) is 0 Å². The third-order valence-corrected chi connectivity index (χ3v) is 4.84. The van der Waals surface area contributed by atoms with Crippen LogP contribution in [0.5, 0.6) is 0 Å². The van der Waals surface area contributed by atoms with Gasteiger partial charge in [0.15, 0.2) is 5.78 Å². The highest BCUT2D eigenvalue weighted by molar-refractivity contribution is 6.07. The molecule has 0 aliphatic carbocycles. The molecule has 0 spiro atoms. The van der Waals surface area contributed by atoms with Gasteiger partial charge in [-0.15, -0.1) is 0 Å². The molecule has 0 saturated carbocycles. The van der Waals surface area contributed by atoms with E-state index in [4.69, 9.17) is 0 Å². The van der Waals surface area contributed by atoms with E-state index in [1.165, 1.54) is 6.92 Å². The average molecular weight is 334 g/mol. The fourth-order valence-electron chi connectivity index (χ4n) is 3.61. The highest BCUT2D eigenvalue weighted by Gasteiger charge is 2.32. The lowest BCUT2D eigenvalue weighted by Crippen LogP contribution is -2.33. The van der Waals surface area contributed by atoms with E-state index in [2.05, 4.69) is 5.32 Å². The number of nitrogens with one attached hydrogen (secondary N) is 1. The smallest absolute Gasteiger partial charge is 0.255 e. The van der Waals surface area contributed by atoms with Gasteiger partial charge in [-0.05, 0) is 55.2 Å². The molecular formula is C20H18N2O3. The highest BCUT2D eigenvalue weighted by Crippen LogP contribution is 2.37. The summed E-state index contributed by atoms with van der Waals surface area (Å²) in [6.07, 6.45) is 1.96. The van der Waals surface area contributed by atoms with Crippen molar-refractivity contribution in [3.63, 3.8) is 0 Å². The normalized spacial score (nSPS) is 15.1. The number of rotatable bonds is 3. The van der Waals surface area contributed by atoms with E-state index in [1.807, 2.05) is 17.0 Å². The molecule has 2 aromatic carbocycles. The van der Waals surface area contributed by atoms with Crippen molar-refractivity contribution in [1.82, 2.24) is 0 Å². The molecule has 5 heteroatoms. The molecule has 126 valence electrons. The zero-order valence-electron chi connectivity index (χ0n) is 14.0. The minimum Gasteiger partial charge on any atom is -0.322 e. The number of amides is 2. The predicted octanol–water partition coefficient (Wildman–Crippen LogP) is 2.98. The van der Waals surface area contributed by atoms with Crippen LogP contribution in [-0.2, 0) is 17.6 Å². The van der Waals surface area contributed by atoms with Gasteiger partial charge in [0.1, 0.15) is 0 Å². The Morgan fingerprint density at radius 1 is 1.00 bits per heavy atom. The number of aryl methyl sites for hydroxylation is 1. The summed E-state index contributed by atoms with van der Waals surface area (Å²) in [5, 5.41) is 2.86. The largest absolute Gasteiger partial charge is 0.322 e. The molecule has 0 unspecified atom stereocenters. The third kappa shape index (κ3) is 2.71. The van der Waals surface area contributed by atoms with E-state index in [-0.39, 0.29) is 17.6 Å². The van der Waals surface area contributed by atoms with E-state index in [0.717, 1.165) is 23.2 Å². The summed E-state index contributed by atoms with van der Waals surface area (Å²) < 4.78 is 0. The summed E-state index contributed by atoms with van der Waals surface area (Å²) >= 11 is 0. The molecule has 25 heavy (non-hydrogen) atoms.